The molecule has 0 spiro atoms. The number of hydrogen-bond donors (Lipinski definition) is 2. The van der Waals surface area contributed by atoms with E-state index in [0.29, 0.717) is 17.4 Å². The average molecular weight is 239 g/mol. The molecule has 0 heterocycles. The van der Waals surface area contributed by atoms with Crippen LogP contribution in [0.1, 0.15) is 44.9 Å². The maximum Gasteiger partial charge on any atom is 0.188 e. The fourth-order valence-corrected chi connectivity index (χ4v) is 2.67. The summed E-state index contributed by atoms with van der Waals surface area (Å²) in [6.07, 6.45) is 8.80. The van der Waals surface area contributed by atoms with E-state index in [0.717, 1.165) is 19.6 Å². The van der Waals surface area contributed by atoms with Crippen LogP contribution in [0.2, 0.25) is 0 Å². The summed E-state index contributed by atoms with van der Waals surface area (Å²) >= 11 is 0. The number of methoxy groups -OCH3 is 1. The molecule has 0 radical (unpaired) electrons. The second kappa shape index (κ2) is 5.71. The SMILES string of the molecule is COCCC1(CN=C(N)NC2CC2)CCCC1. The lowest BCUT2D eigenvalue weighted by molar-refractivity contribution is 0.141. The molecular formula is C13H25N3O. The Labute approximate surface area is 104 Å². The summed E-state index contributed by atoms with van der Waals surface area (Å²) in [6.45, 7) is 1.70. The van der Waals surface area contributed by atoms with Crippen LogP contribution in [0.3, 0.4) is 0 Å². The number of nitrogens with two attached hydrogens (primary N) is 1. The fourth-order valence-electron chi connectivity index (χ4n) is 2.67. The van der Waals surface area contributed by atoms with Crippen LogP contribution in [0.15, 0.2) is 4.99 Å². The Hall–Kier alpha value is -0.770. The van der Waals surface area contributed by atoms with Gasteiger partial charge in [-0.15, -0.1) is 0 Å². The van der Waals surface area contributed by atoms with E-state index in [1.54, 1.807) is 7.11 Å². The number of nitrogens with zero attached hydrogens (tertiary/aromatic N) is 1. The van der Waals surface area contributed by atoms with E-state index in [4.69, 9.17) is 10.5 Å². The van der Waals surface area contributed by atoms with Crippen LogP contribution < -0.4 is 11.1 Å². The van der Waals surface area contributed by atoms with Crippen molar-refractivity contribution in [2.45, 2.75) is 51.0 Å². The number of hydrogen-bond acceptors (Lipinski definition) is 2. The summed E-state index contributed by atoms with van der Waals surface area (Å²) in [5.41, 5.74) is 6.24. The Morgan fingerprint density at radius 3 is 2.71 bits per heavy atom. The smallest absolute Gasteiger partial charge is 0.188 e. The van der Waals surface area contributed by atoms with Crippen LogP contribution in [0, 0.1) is 5.41 Å². The van der Waals surface area contributed by atoms with E-state index in [9.17, 15) is 0 Å². The van der Waals surface area contributed by atoms with Gasteiger partial charge < -0.3 is 15.8 Å². The molecule has 4 heteroatoms. The first-order valence-corrected chi connectivity index (χ1v) is 6.79. The van der Waals surface area contributed by atoms with E-state index in [2.05, 4.69) is 10.3 Å². The van der Waals surface area contributed by atoms with Crippen LogP contribution in [0.5, 0.6) is 0 Å². The molecule has 17 heavy (non-hydrogen) atoms. The normalized spacial score (nSPS) is 23.9. The van der Waals surface area contributed by atoms with Crippen molar-refractivity contribution in [1.29, 1.82) is 0 Å². The third kappa shape index (κ3) is 3.87. The van der Waals surface area contributed by atoms with Gasteiger partial charge in [-0.1, -0.05) is 12.8 Å². The first kappa shape index (κ1) is 12.7. The highest BCUT2D eigenvalue weighted by atomic mass is 16.5. The van der Waals surface area contributed by atoms with Gasteiger partial charge in [-0.05, 0) is 37.5 Å². The molecule has 2 fully saturated rings. The molecule has 2 rings (SSSR count). The molecule has 0 aliphatic heterocycles. The summed E-state index contributed by atoms with van der Waals surface area (Å²) in [6, 6.07) is 0.595. The molecular weight excluding hydrogens is 214 g/mol. The van der Waals surface area contributed by atoms with Crippen molar-refractivity contribution in [2.24, 2.45) is 16.1 Å². The molecule has 2 saturated carbocycles. The maximum atomic E-state index is 5.89. The monoisotopic (exact) mass is 239 g/mol. The van der Waals surface area contributed by atoms with Crippen molar-refractivity contribution >= 4 is 5.96 Å². The molecule has 0 unspecified atom stereocenters. The molecule has 2 aliphatic rings. The molecule has 98 valence electrons. The van der Waals surface area contributed by atoms with E-state index in [1.165, 1.54) is 38.5 Å². The van der Waals surface area contributed by atoms with Gasteiger partial charge in [-0.25, -0.2) is 0 Å². The molecule has 0 aromatic heterocycles. The lowest BCUT2D eigenvalue weighted by Crippen LogP contribution is -2.35. The van der Waals surface area contributed by atoms with Gasteiger partial charge in [0.2, 0.25) is 0 Å². The van der Waals surface area contributed by atoms with Crippen molar-refractivity contribution in [1.82, 2.24) is 5.32 Å². The van der Waals surface area contributed by atoms with E-state index < -0.39 is 0 Å². The quantitative estimate of drug-likeness (QED) is 0.547. The van der Waals surface area contributed by atoms with Gasteiger partial charge in [-0.3, -0.25) is 4.99 Å². The molecule has 0 saturated heterocycles. The highest BCUT2D eigenvalue weighted by Gasteiger charge is 2.33. The predicted octanol–water partition coefficient (Wildman–Crippen LogP) is 1.65. The topological polar surface area (TPSA) is 59.6 Å². The van der Waals surface area contributed by atoms with Crippen molar-refractivity contribution < 1.29 is 4.74 Å². The average Bonchev–Trinajstić information content (AvgIpc) is 3.01. The number of rotatable bonds is 6. The van der Waals surface area contributed by atoms with Gasteiger partial charge in [0.25, 0.3) is 0 Å². The molecule has 0 aromatic carbocycles. The molecule has 0 atom stereocenters. The Kier molecular flexibility index (Phi) is 4.26. The summed E-state index contributed by atoms with van der Waals surface area (Å²) in [5, 5.41) is 3.25. The van der Waals surface area contributed by atoms with Gasteiger partial charge in [0.15, 0.2) is 5.96 Å². The Morgan fingerprint density at radius 2 is 2.12 bits per heavy atom. The van der Waals surface area contributed by atoms with E-state index in [-0.39, 0.29) is 0 Å². The third-order valence-corrected chi connectivity index (χ3v) is 4.01. The molecule has 0 amide bonds. The van der Waals surface area contributed by atoms with Gasteiger partial charge in [0, 0.05) is 26.3 Å². The summed E-state index contributed by atoms with van der Waals surface area (Å²) in [5.74, 6) is 0.635. The molecule has 0 aromatic rings. The second-order valence-electron chi connectivity index (χ2n) is 5.57. The lowest BCUT2D eigenvalue weighted by atomic mass is 9.83. The van der Waals surface area contributed by atoms with Crippen molar-refractivity contribution in [2.75, 3.05) is 20.3 Å². The highest BCUT2D eigenvalue weighted by Crippen LogP contribution is 2.41. The third-order valence-electron chi connectivity index (χ3n) is 4.01. The zero-order valence-corrected chi connectivity index (χ0v) is 10.9. The summed E-state index contributed by atoms with van der Waals surface area (Å²) in [7, 11) is 1.77. The lowest BCUT2D eigenvalue weighted by Gasteiger charge is -2.26. The minimum atomic E-state index is 0.353. The number of aliphatic imine (C=N–C) groups is 1. The number of nitrogens with one attached hydrogen (secondary N) is 1. The van der Waals surface area contributed by atoms with Gasteiger partial charge in [-0.2, -0.15) is 0 Å². The zero-order chi connectivity index (χ0) is 12.1. The largest absolute Gasteiger partial charge is 0.385 e. The van der Waals surface area contributed by atoms with Crippen LogP contribution in [0.25, 0.3) is 0 Å². The Balaban J connectivity index is 1.83. The van der Waals surface area contributed by atoms with Crippen LogP contribution in [-0.4, -0.2) is 32.3 Å². The van der Waals surface area contributed by atoms with E-state index >= 15 is 0 Å². The summed E-state index contributed by atoms with van der Waals surface area (Å²) in [4.78, 5) is 4.54. The first-order chi connectivity index (χ1) is 8.24. The number of ether oxygens (including phenoxy) is 1. The van der Waals surface area contributed by atoms with Gasteiger partial charge in [0.1, 0.15) is 0 Å². The predicted molar refractivity (Wildman–Crippen MR) is 70.0 cm³/mol. The molecule has 3 N–H and O–H groups in total. The maximum absolute atomic E-state index is 5.89. The Morgan fingerprint density at radius 1 is 1.41 bits per heavy atom. The van der Waals surface area contributed by atoms with Crippen LogP contribution in [0.4, 0.5) is 0 Å². The van der Waals surface area contributed by atoms with Crippen molar-refractivity contribution in [3.05, 3.63) is 0 Å². The summed E-state index contributed by atoms with van der Waals surface area (Å²) < 4.78 is 5.21. The fraction of sp³-hybridized carbons (Fsp3) is 0.923. The van der Waals surface area contributed by atoms with Gasteiger partial charge in [0.05, 0.1) is 0 Å². The first-order valence-electron chi connectivity index (χ1n) is 6.79. The zero-order valence-electron chi connectivity index (χ0n) is 10.9. The van der Waals surface area contributed by atoms with Crippen LogP contribution >= 0.6 is 0 Å². The number of guanidine groups is 1. The van der Waals surface area contributed by atoms with E-state index in [1.807, 2.05) is 0 Å². The van der Waals surface area contributed by atoms with Crippen molar-refractivity contribution in [3.63, 3.8) is 0 Å². The standard InChI is InChI=1S/C13H25N3O/c1-17-9-8-13(6-2-3-7-13)10-15-12(14)16-11-4-5-11/h11H,2-10H2,1H3,(H3,14,15,16). The minimum absolute atomic E-state index is 0.353. The highest BCUT2D eigenvalue weighted by molar-refractivity contribution is 5.78. The Bertz CT molecular complexity index is 268. The molecule has 2 aliphatic carbocycles. The molecule has 4 nitrogen and oxygen atoms in total. The minimum Gasteiger partial charge on any atom is -0.385 e. The van der Waals surface area contributed by atoms with Crippen molar-refractivity contribution in [3.8, 4) is 0 Å². The van der Waals surface area contributed by atoms with Gasteiger partial charge >= 0.3 is 0 Å². The second-order valence-corrected chi connectivity index (χ2v) is 5.57. The van der Waals surface area contributed by atoms with Crippen LogP contribution in [-0.2, 0) is 4.74 Å². The molecule has 0 bridgehead atoms.